The number of carboxylic acid groups (broad SMARTS) is 1. The maximum atomic E-state index is 10.6. The highest BCUT2D eigenvalue weighted by molar-refractivity contribution is 5.69. The van der Waals surface area contributed by atoms with Crippen molar-refractivity contribution >= 4 is 5.97 Å². The molecule has 0 saturated carbocycles. The van der Waals surface area contributed by atoms with E-state index in [0.29, 0.717) is 13.1 Å². The molecule has 0 aromatic heterocycles. The van der Waals surface area contributed by atoms with Crippen LogP contribution >= 0.6 is 0 Å². The predicted molar refractivity (Wildman–Crippen MR) is 50.6 cm³/mol. The molecule has 0 aliphatic heterocycles. The van der Waals surface area contributed by atoms with Gasteiger partial charge < -0.3 is 15.1 Å². The molecule has 0 spiro atoms. The average Bonchev–Trinajstić information content (AvgIpc) is 2.05. The summed E-state index contributed by atoms with van der Waals surface area (Å²) in [6, 6.07) is 0. The predicted octanol–water partition coefficient (Wildman–Crippen LogP) is 0.411. The summed E-state index contributed by atoms with van der Waals surface area (Å²) in [5, 5.41) is 17.4. The maximum Gasteiger partial charge on any atom is 0.307 e. The number of aliphatic hydroxyl groups is 1. The minimum Gasteiger partial charge on any atom is -0.481 e. The van der Waals surface area contributed by atoms with Gasteiger partial charge in [-0.25, -0.2) is 0 Å². The number of nitrogens with zero attached hydrogens (tertiary/aromatic N) is 1. The normalized spacial score (nSPS) is 13.2. The van der Waals surface area contributed by atoms with Gasteiger partial charge in [-0.15, -0.1) is 0 Å². The molecular formula is C9H19NO3. The van der Waals surface area contributed by atoms with Crippen LogP contribution in [0.3, 0.4) is 0 Å². The van der Waals surface area contributed by atoms with Crippen LogP contribution in [-0.2, 0) is 4.79 Å². The third kappa shape index (κ3) is 5.60. The van der Waals surface area contributed by atoms with Crippen LogP contribution in [0.2, 0.25) is 0 Å². The van der Waals surface area contributed by atoms with Crippen LogP contribution in [0.1, 0.15) is 20.3 Å². The molecule has 1 atom stereocenters. The molecule has 0 aliphatic rings. The third-order valence-electron chi connectivity index (χ3n) is 1.91. The van der Waals surface area contributed by atoms with Gasteiger partial charge in [-0.2, -0.15) is 0 Å². The molecule has 0 aliphatic carbocycles. The van der Waals surface area contributed by atoms with Crippen molar-refractivity contribution in [1.82, 2.24) is 4.90 Å². The Bertz CT molecular complexity index is 144. The molecule has 78 valence electrons. The summed E-state index contributed by atoms with van der Waals surface area (Å²) in [7, 11) is 0. The molecule has 4 nitrogen and oxygen atoms in total. The monoisotopic (exact) mass is 189 g/mol. The fraction of sp³-hybridized carbons (Fsp3) is 0.889. The van der Waals surface area contributed by atoms with E-state index in [9.17, 15) is 4.79 Å². The van der Waals surface area contributed by atoms with E-state index in [0.717, 1.165) is 13.0 Å². The van der Waals surface area contributed by atoms with Crippen LogP contribution in [0.4, 0.5) is 0 Å². The van der Waals surface area contributed by atoms with Crippen molar-refractivity contribution in [3.05, 3.63) is 0 Å². The first-order chi connectivity index (χ1) is 6.11. The topological polar surface area (TPSA) is 60.8 Å². The minimum atomic E-state index is -0.779. The third-order valence-corrected chi connectivity index (χ3v) is 1.91. The van der Waals surface area contributed by atoms with Gasteiger partial charge in [0.1, 0.15) is 0 Å². The summed E-state index contributed by atoms with van der Waals surface area (Å²) >= 11 is 0. The van der Waals surface area contributed by atoms with Crippen molar-refractivity contribution in [2.45, 2.75) is 20.3 Å². The zero-order chi connectivity index (χ0) is 10.3. The Kier molecular flexibility index (Phi) is 6.54. The lowest BCUT2D eigenvalue weighted by atomic mass is 10.1. The molecule has 1 unspecified atom stereocenters. The van der Waals surface area contributed by atoms with Crippen LogP contribution in [-0.4, -0.2) is 47.3 Å². The van der Waals surface area contributed by atoms with Crippen LogP contribution in [0.5, 0.6) is 0 Å². The molecule has 0 radical (unpaired) electrons. The number of rotatable bonds is 7. The van der Waals surface area contributed by atoms with Gasteiger partial charge in [0.15, 0.2) is 0 Å². The Morgan fingerprint density at radius 2 is 2.08 bits per heavy atom. The van der Waals surface area contributed by atoms with Crippen molar-refractivity contribution in [2.24, 2.45) is 5.92 Å². The summed E-state index contributed by atoms with van der Waals surface area (Å²) in [6.07, 6.45) is 0.979. The van der Waals surface area contributed by atoms with Crippen molar-refractivity contribution in [3.63, 3.8) is 0 Å². The van der Waals surface area contributed by atoms with Crippen molar-refractivity contribution in [1.29, 1.82) is 0 Å². The summed E-state index contributed by atoms with van der Waals surface area (Å²) in [5.74, 6) is -1.14. The smallest absolute Gasteiger partial charge is 0.307 e. The molecule has 0 amide bonds. The van der Waals surface area contributed by atoms with Gasteiger partial charge in [0.25, 0.3) is 0 Å². The van der Waals surface area contributed by atoms with Crippen molar-refractivity contribution < 1.29 is 15.0 Å². The summed E-state index contributed by atoms with van der Waals surface area (Å²) in [6.45, 7) is 5.73. The highest BCUT2D eigenvalue weighted by atomic mass is 16.4. The molecule has 0 aromatic carbocycles. The van der Waals surface area contributed by atoms with Crippen LogP contribution < -0.4 is 0 Å². The zero-order valence-corrected chi connectivity index (χ0v) is 8.36. The quantitative estimate of drug-likeness (QED) is 0.609. The number of carboxylic acids is 1. The fourth-order valence-electron chi connectivity index (χ4n) is 1.22. The Morgan fingerprint density at radius 3 is 2.46 bits per heavy atom. The maximum absolute atomic E-state index is 10.6. The lowest BCUT2D eigenvalue weighted by Crippen LogP contribution is -2.34. The van der Waals surface area contributed by atoms with Gasteiger partial charge in [0, 0.05) is 13.1 Å². The summed E-state index contributed by atoms with van der Waals surface area (Å²) < 4.78 is 0. The van der Waals surface area contributed by atoms with E-state index in [1.807, 2.05) is 11.8 Å². The first kappa shape index (κ1) is 12.4. The standard InChI is InChI=1S/C9H19NO3/c1-3-4-10(5-6-11)7-8(2)9(12)13/h8,11H,3-7H2,1-2H3,(H,12,13). The van der Waals surface area contributed by atoms with E-state index in [-0.39, 0.29) is 12.5 Å². The Balaban J connectivity index is 3.85. The number of hydrogen-bond donors (Lipinski definition) is 2. The molecule has 0 saturated heterocycles. The Labute approximate surface area is 79.2 Å². The second kappa shape index (κ2) is 6.86. The Hall–Kier alpha value is -0.610. The fourth-order valence-corrected chi connectivity index (χ4v) is 1.22. The zero-order valence-electron chi connectivity index (χ0n) is 8.36. The van der Waals surface area contributed by atoms with Gasteiger partial charge >= 0.3 is 5.97 Å². The molecule has 0 fully saturated rings. The molecule has 0 rings (SSSR count). The van der Waals surface area contributed by atoms with Gasteiger partial charge in [-0.3, -0.25) is 4.79 Å². The van der Waals surface area contributed by atoms with Crippen molar-refractivity contribution in [2.75, 3.05) is 26.2 Å². The largest absolute Gasteiger partial charge is 0.481 e. The highest BCUT2D eigenvalue weighted by Gasteiger charge is 2.14. The lowest BCUT2D eigenvalue weighted by Gasteiger charge is -2.22. The van der Waals surface area contributed by atoms with Gasteiger partial charge in [0.05, 0.1) is 12.5 Å². The molecule has 2 N–H and O–H groups in total. The number of aliphatic carboxylic acids is 1. The highest BCUT2D eigenvalue weighted by Crippen LogP contribution is 2.00. The van der Waals surface area contributed by atoms with Gasteiger partial charge in [0.2, 0.25) is 0 Å². The lowest BCUT2D eigenvalue weighted by molar-refractivity contribution is -0.141. The van der Waals surface area contributed by atoms with E-state index in [1.165, 1.54) is 0 Å². The van der Waals surface area contributed by atoms with E-state index < -0.39 is 5.97 Å². The van der Waals surface area contributed by atoms with E-state index >= 15 is 0 Å². The van der Waals surface area contributed by atoms with Gasteiger partial charge in [-0.05, 0) is 13.0 Å². The van der Waals surface area contributed by atoms with Crippen LogP contribution in [0.25, 0.3) is 0 Å². The first-order valence-electron chi connectivity index (χ1n) is 4.67. The second-order valence-corrected chi connectivity index (χ2v) is 3.26. The molecule has 0 heterocycles. The second-order valence-electron chi connectivity index (χ2n) is 3.26. The Morgan fingerprint density at radius 1 is 1.46 bits per heavy atom. The van der Waals surface area contributed by atoms with Crippen molar-refractivity contribution in [3.8, 4) is 0 Å². The molecular weight excluding hydrogens is 170 g/mol. The number of hydrogen-bond acceptors (Lipinski definition) is 3. The summed E-state index contributed by atoms with van der Waals surface area (Å²) in [4.78, 5) is 12.5. The van der Waals surface area contributed by atoms with Crippen LogP contribution in [0, 0.1) is 5.92 Å². The molecule has 4 heteroatoms. The first-order valence-corrected chi connectivity index (χ1v) is 4.67. The van der Waals surface area contributed by atoms with Crippen LogP contribution in [0.15, 0.2) is 0 Å². The molecule has 0 aromatic rings. The molecule has 0 bridgehead atoms. The number of aliphatic hydroxyl groups excluding tert-OH is 1. The van der Waals surface area contributed by atoms with E-state index in [4.69, 9.17) is 10.2 Å². The minimum absolute atomic E-state index is 0.0896. The number of carbonyl (C=O) groups is 1. The van der Waals surface area contributed by atoms with E-state index in [1.54, 1.807) is 6.92 Å². The SMILES string of the molecule is CCCN(CCO)CC(C)C(=O)O. The summed E-state index contributed by atoms with van der Waals surface area (Å²) in [5.41, 5.74) is 0. The average molecular weight is 189 g/mol. The van der Waals surface area contributed by atoms with Gasteiger partial charge in [-0.1, -0.05) is 13.8 Å². The van der Waals surface area contributed by atoms with E-state index in [2.05, 4.69) is 0 Å². The molecule has 13 heavy (non-hydrogen) atoms.